The van der Waals surface area contributed by atoms with Gasteiger partial charge in [-0.3, -0.25) is 14.4 Å². The Hall–Kier alpha value is -1.91. The number of nitrogens with zero attached hydrogens (tertiary/aromatic N) is 2. The van der Waals surface area contributed by atoms with Crippen molar-refractivity contribution in [3.05, 3.63) is 10.6 Å². The number of carboxylic acids is 1. The average Bonchev–Trinajstić information content (AvgIpc) is 3.23. The van der Waals surface area contributed by atoms with E-state index in [1.54, 1.807) is 21.0 Å². The molecule has 0 unspecified atom stereocenters. The molecule has 10 heteroatoms. The number of hydrogen-bond acceptors (Lipinski definition) is 7. The molecule has 0 aromatic carbocycles. The van der Waals surface area contributed by atoms with Crippen molar-refractivity contribution in [3.8, 4) is 0 Å². The number of ketones is 1. The van der Waals surface area contributed by atoms with E-state index in [4.69, 9.17) is 5.11 Å². The van der Waals surface area contributed by atoms with Crippen LogP contribution < -0.4 is 5.32 Å². The number of β-lactam (4-membered cyclic amide) rings is 1. The van der Waals surface area contributed by atoms with Crippen molar-refractivity contribution >= 4 is 35.3 Å². The van der Waals surface area contributed by atoms with E-state index in [9.17, 15) is 24.3 Å². The van der Waals surface area contributed by atoms with Crippen LogP contribution in [0.15, 0.2) is 10.6 Å². The van der Waals surface area contributed by atoms with E-state index in [0.29, 0.717) is 17.9 Å². The number of aliphatic hydroxyl groups is 1. The molecule has 0 aliphatic carbocycles. The van der Waals surface area contributed by atoms with Crippen LogP contribution in [0.2, 0.25) is 0 Å². The molecule has 3 rings (SSSR count). The highest BCUT2D eigenvalue weighted by Crippen LogP contribution is 2.53. The first-order valence-corrected chi connectivity index (χ1v) is 11.0. The predicted octanol–water partition coefficient (Wildman–Crippen LogP) is -0.101. The molecule has 166 valence electrons. The minimum atomic E-state index is -1.13. The molecule has 3 heterocycles. The summed E-state index contributed by atoms with van der Waals surface area (Å²) >= 11 is 1.44. The Balaban J connectivity index is 1.76. The van der Waals surface area contributed by atoms with Gasteiger partial charge in [-0.15, -0.1) is 11.8 Å². The molecular weight excluding hydrogens is 410 g/mol. The highest BCUT2D eigenvalue weighted by molar-refractivity contribution is 8.03. The van der Waals surface area contributed by atoms with Crippen molar-refractivity contribution in [2.75, 3.05) is 27.2 Å². The van der Waals surface area contributed by atoms with E-state index in [0.717, 1.165) is 0 Å². The second-order valence-electron chi connectivity index (χ2n) is 8.58. The number of thioether (sulfide) groups is 1. The number of aliphatic hydroxyl groups excluding tert-OH is 1. The number of Topliss-reactive ketones (excluding diaryl/α,β-unsaturated/α-hetero) is 1. The molecule has 0 aromatic rings. The normalized spacial score (nSPS) is 31.4. The van der Waals surface area contributed by atoms with Crippen LogP contribution in [-0.2, 0) is 19.2 Å². The topological polar surface area (TPSA) is 127 Å². The molecule has 3 N–H and O–H groups in total. The minimum Gasteiger partial charge on any atom is -0.477 e. The average molecular weight is 440 g/mol. The van der Waals surface area contributed by atoms with E-state index in [-0.39, 0.29) is 58.9 Å². The van der Waals surface area contributed by atoms with E-state index in [1.165, 1.54) is 21.6 Å². The second kappa shape index (κ2) is 8.68. The van der Waals surface area contributed by atoms with Crippen molar-refractivity contribution in [2.24, 2.45) is 17.8 Å². The van der Waals surface area contributed by atoms with E-state index >= 15 is 0 Å². The van der Waals surface area contributed by atoms with Gasteiger partial charge in [-0.2, -0.15) is 0 Å². The number of hydrogen-bond donors (Lipinski definition) is 3. The Morgan fingerprint density at radius 1 is 1.33 bits per heavy atom. The Labute approximate surface area is 179 Å². The molecule has 3 aliphatic heterocycles. The van der Waals surface area contributed by atoms with Gasteiger partial charge in [-0.05, 0) is 12.3 Å². The molecule has 0 aromatic heterocycles. The lowest BCUT2D eigenvalue weighted by Gasteiger charge is -2.47. The van der Waals surface area contributed by atoms with E-state index in [1.807, 2.05) is 6.92 Å². The number of carboxylic acid groups (broad SMARTS) is 1. The summed E-state index contributed by atoms with van der Waals surface area (Å²) in [6.07, 6.45) is 0.684. The van der Waals surface area contributed by atoms with Crippen LogP contribution in [-0.4, -0.2) is 88.2 Å². The zero-order valence-corrected chi connectivity index (χ0v) is 18.4. The van der Waals surface area contributed by atoms with Gasteiger partial charge in [0.25, 0.3) is 0 Å². The highest BCUT2D eigenvalue weighted by atomic mass is 32.2. The molecule has 6 atom stereocenters. The summed E-state index contributed by atoms with van der Waals surface area (Å²) in [4.78, 5) is 52.2. The summed E-state index contributed by atoms with van der Waals surface area (Å²) in [5, 5.41) is 22.0. The summed E-state index contributed by atoms with van der Waals surface area (Å²) < 4.78 is 0. The SMILES string of the molecule is C[C@@H](CC(=O)CO)[C@H]1C(=O)N2C(C(=O)O)=C(S[C@@H]3CN[C@H](C(=O)N(C)C)C3)[C@H](C)[C@H]12. The molecule has 0 saturated carbocycles. The first-order valence-electron chi connectivity index (χ1n) is 10.1. The molecule has 0 spiro atoms. The van der Waals surface area contributed by atoms with Gasteiger partial charge in [-0.25, -0.2) is 4.79 Å². The monoisotopic (exact) mass is 439 g/mol. The van der Waals surface area contributed by atoms with Gasteiger partial charge in [0.15, 0.2) is 5.78 Å². The quantitative estimate of drug-likeness (QED) is 0.448. The number of carbonyl (C=O) groups excluding carboxylic acids is 3. The lowest BCUT2D eigenvalue weighted by atomic mass is 9.73. The van der Waals surface area contributed by atoms with E-state index in [2.05, 4.69) is 5.32 Å². The maximum absolute atomic E-state index is 12.8. The van der Waals surface area contributed by atoms with Crippen LogP contribution in [0, 0.1) is 17.8 Å². The minimum absolute atomic E-state index is 0.00792. The fraction of sp³-hybridized carbons (Fsp3) is 0.700. The van der Waals surface area contributed by atoms with Gasteiger partial charge in [0.05, 0.1) is 18.0 Å². The first kappa shape index (κ1) is 22.8. The van der Waals surface area contributed by atoms with Gasteiger partial charge in [0.1, 0.15) is 12.3 Å². The van der Waals surface area contributed by atoms with Crippen LogP contribution in [0.25, 0.3) is 0 Å². The Bertz CT molecular complexity index is 797. The fourth-order valence-electron chi connectivity index (χ4n) is 4.79. The van der Waals surface area contributed by atoms with Gasteiger partial charge in [-0.1, -0.05) is 13.8 Å². The third-order valence-electron chi connectivity index (χ3n) is 6.25. The molecule has 0 radical (unpaired) electrons. The molecule has 0 bridgehead atoms. The fourth-order valence-corrected chi connectivity index (χ4v) is 6.27. The van der Waals surface area contributed by atoms with Crippen molar-refractivity contribution in [1.29, 1.82) is 0 Å². The number of aliphatic carboxylic acids is 1. The van der Waals surface area contributed by atoms with Crippen molar-refractivity contribution in [2.45, 2.75) is 44.0 Å². The lowest BCUT2D eigenvalue weighted by Crippen LogP contribution is -2.62. The number of likely N-dealkylation sites (N-methyl/N-ethyl adjacent to an activating group) is 1. The third kappa shape index (κ3) is 3.88. The molecule has 2 fully saturated rings. The molecule has 30 heavy (non-hydrogen) atoms. The largest absolute Gasteiger partial charge is 0.477 e. The smallest absolute Gasteiger partial charge is 0.353 e. The summed E-state index contributed by atoms with van der Waals surface area (Å²) in [6.45, 7) is 3.74. The summed E-state index contributed by atoms with van der Waals surface area (Å²) in [7, 11) is 3.40. The van der Waals surface area contributed by atoms with Crippen molar-refractivity contribution in [3.63, 3.8) is 0 Å². The number of nitrogens with one attached hydrogen (secondary N) is 1. The second-order valence-corrected chi connectivity index (χ2v) is 9.92. The van der Waals surface area contributed by atoms with E-state index < -0.39 is 18.5 Å². The first-order chi connectivity index (χ1) is 14.1. The maximum Gasteiger partial charge on any atom is 0.353 e. The molecule has 2 saturated heterocycles. The third-order valence-corrected chi connectivity index (χ3v) is 7.76. The van der Waals surface area contributed by atoms with Gasteiger partial charge < -0.3 is 25.3 Å². The molecule has 9 nitrogen and oxygen atoms in total. The number of rotatable bonds is 8. The number of carbonyl (C=O) groups is 4. The molecule has 3 aliphatic rings. The zero-order chi connectivity index (χ0) is 22.3. The van der Waals surface area contributed by atoms with Crippen LogP contribution in [0.5, 0.6) is 0 Å². The summed E-state index contributed by atoms with van der Waals surface area (Å²) in [6, 6.07) is -0.583. The Kier molecular flexibility index (Phi) is 6.59. The van der Waals surface area contributed by atoms with Crippen LogP contribution in [0.4, 0.5) is 0 Å². The highest BCUT2D eigenvalue weighted by Gasteiger charge is 2.60. The predicted molar refractivity (Wildman–Crippen MR) is 110 cm³/mol. The standard InChI is InChI=1S/C20H29N3O6S/c1-9(5-11(25)8-24)14-15-10(2)17(16(20(28)29)23(15)19(14)27)30-12-6-13(21-7-12)18(26)22(3)4/h9-10,12-15,21,24H,5-8H2,1-4H3,(H,28,29)/t9-,10+,12-,13-,14+,15+/m0/s1. The number of fused-ring (bicyclic) bond motifs is 1. The van der Waals surface area contributed by atoms with Crippen molar-refractivity contribution < 1.29 is 29.4 Å². The number of amides is 2. The zero-order valence-electron chi connectivity index (χ0n) is 17.6. The maximum atomic E-state index is 12.8. The van der Waals surface area contributed by atoms with Gasteiger partial charge >= 0.3 is 5.97 Å². The molecular formula is C20H29N3O6S. The Morgan fingerprint density at radius 3 is 2.57 bits per heavy atom. The lowest BCUT2D eigenvalue weighted by molar-refractivity contribution is -0.160. The van der Waals surface area contributed by atoms with Crippen LogP contribution in [0.3, 0.4) is 0 Å². The summed E-state index contributed by atoms with van der Waals surface area (Å²) in [5.41, 5.74) is 0.0295. The van der Waals surface area contributed by atoms with Crippen LogP contribution in [0.1, 0.15) is 26.7 Å². The Morgan fingerprint density at radius 2 is 2.00 bits per heavy atom. The van der Waals surface area contributed by atoms with Gasteiger partial charge in [0.2, 0.25) is 11.8 Å². The van der Waals surface area contributed by atoms with Crippen LogP contribution >= 0.6 is 11.8 Å². The molecule has 2 amide bonds. The summed E-state index contributed by atoms with van der Waals surface area (Å²) in [5.74, 6) is -2.62. The van der Waals surface area contributed by atoms with Crippen molar-refractivity contribution in [1.82, 2.24) is 15.1 Å². The van der Waals surface area contributed by atoms with Gasteiger partial charge in [0, 0.05) is 43.1 Å².